The molecule has 0 saturated carbocycles. The maximum absolute atomic E-state index is 15.0. The number of fused-ring (bicyclic) bond motifs is 12. The topological polar surface area (TPSA) is 64.8 Å². The zero-order chi connectivity index (χ0) is 35.3. The van der Waals surface area contributed by atoms with E-state index in [1.165, 1.54) is 0 Å². The predicted molar refractivity (Wildman–Crippen MR) is 210 cm³/mol. The molecular weight excluding hydrogens is 671 g/mol. The molecule has 1 spiro atoms. The molecule has 9 aromatic rings. The summed E-state index contributed by atoms with van der Waals surface area (Å²) in [5, 5.41) is 1.93. The summed E-state index contributed by atoms with van der Waals surface area (Å²) >= 11 is 0. The average Bonchev–Trinajstić information content (AvgIpc) is 3.71. The lowest BCUT2D eigenvalue weighted by Crippen LogP contribution is -2.36. The number of sulfone groups is 1. The Labute approximate surface area is 306 Å². The van der Waals surface area contributed by atoms with Gasteiger partial charge in [-0.2, -0.15) is 0 Å². The predicted octanol–water partition coefficient (Wildman–Crippen LogP) is 10.4. The lowest BCUT2D eigenvalue weighted by Gasteiger charge is -2.39. The van der Waals surface area contributed by atoms with Gasteiger partial charge in [0.05, 0.1) is 37.6 Å². The van der Waals surface area contributed by atoms with Gasteiger partial charge in [-0.25, -0.2) is 18.4 Å². The highest BCUT2D eigenvalue weighted by Gasteiger charge is 2.53. The molecule has 2 aromatic heterocycles. The molecule has 3 heterocycles. The summed E-state index contributed by atoms with van der Waals surface area (Å²) < 4.78 is 32.0. The molecule has 6 heteroatoms. The molecule has 53 heavy (non-hydrogen) atoms. The standard InChI is InChI=1S/C47H29N3O2S/c51-53(52)44-26-14-12-24-38(44)47(36-22-10-7-19-32(36)33-20-8-11-23-37(33)47)39-27-35-34-21-9-13-25-42(34)50(43(35)29-45(39)53)46-48-40(30-15-3-1-4-16-30)28-41(49-46)31-17-5-2-6-18-31/h1-29H. The van der Waals surface area contributed by atoms with E-state index < -0.39 is 15.3 Å². The Balaban J connectivity index is 1.28. The molecule has 0 radical (unpaired) electrons. The molecule has 0 saturated heterocycles. The van der Waals surface area contributed by atoms with Crippen molar-refractivity contribution in [2.45, 2.75) is 15.2 Å². The van der Waals surface area contributed by atoms with Gasteiger partial charge in [-0.15, -0.1) is 0 Å². The minimum atomic E-state index is -3.95. The van der Waals surface area contributed by atoms with Gasteiger partial charge in [0.25, 0.3) is 0 Å². The summed E-state index contributed by atoms with van der Waals surface area (Å²) in [6, 6.07) is 58.8. The van der Waals surface area contributed by atoms with Crippen LogP contribution >= 0.6 is 0 Å². The summed E-state index contributed by atoms with van der Waals surface area (Å²) in [5.74, 6) is 0.469. The van der Waals surface area contributed by atoms with E-state index >= 15 is 8.42 Å². The van der Waals surface area contributed by atoms with E-state index in [9.17, 15) is 0 Å². The van der Waals surface area contributed by atoms with Crippen molar-refractivity contribution < 1.29 is 8.42 Å². The molecule has 250 valence electrons. The number of para-hydroxylation sites is 1. The summed E-state index contributed by atoms with van der Waals surface area (Å²) in [7, 11) is -3.95. The van der Waals surface area contributed by atoms with Crippen LogP contribution in [0.3, 0.4) is 0 Å². The van der Waals surface area contributed by atoms with Gasteiger partial charge in [0.1, 0.15) is 0 Å². The Bertz CT molecular complexity index is 2980. The van der Waals surface area contributed by atoms with Crippen molar-refractivity contribution in [2.75, 3.05) is 0 Å². The smallest absolute Gasteiger partial charge is 0.235 e. The van der Waals surface area contributed by atoms with Gasteiger partial charge < -0.3 is 0 Å². The molecule has 0 fully saturated rings. The summed E-state index contributed by atoms with van der Waals surface area (Å²) in [6.07, 6.45) is 0. The maximum atomic E-state index is 15.0. The number of hydrogen-bond acceptors (Lipinski definition) is 4. The largest absolute Gasteiger partial charge is 0.278 e. The van der Waals surface area contributed by atoms with Crippen LogP contribution in [0.5, 0.6) is 0 Å². The van der Waals surface area contributed by atoms with Crippen LogP contribution in [0, 0.1) is 0 Å². The van der Waals surface area contributed by atoms with Gasteiger partial charge in [-0.1, -0.05) is 146 Å². The SMILES string of the molecule is O=S1(=O)c2ccccc2C2(c3ccccc3-c3ccccc32)c2cc3c4ccccc4n(-c4nc(-c5ccccc5)cc(-c5ccccc5)n4)c3cc21. The summed E-state index contributed by atoms with van der Waals surface area (Å²) in [6.45, 7) is 0. The zero-order valence-electron chi connectivity index (χ0n) is 28.3. The number of benzene rings is 7. The van der Waals surface area contributed by atoms with Gasteiger partial charge in [0, 0.05) is 21.9 Å². The lowest BCUT2D eigenvalue weighted by molar-refractivity contribution is 0.581. The van der Waals surface area contributed by atoms with E-state index in [0.717, 1.165) is 77.7 Å². The van der Waals surface area contributed by atoms with E-state index in [-0.39, 0.29) is 0 Å². The highest BCUT2D eigenvalue weighted by Crippen LogP contribution is 2.61. The van der Waals surface area contributed by atoms with E-state index in [0.29, 0.717) is 15.7 Å². The monoisotopic (exact) mass is 699 g/mol. The molecular formula is C47H29N3O2S. The number of hydrogen-bond donors (Lipinski definition) is 0. The Morgan fingerprint density at radius 3 is 1.60 bits per heavy atom. The number of rotatable bonds is 3. The van der Waals surface area contributed by atoms with Gasteiger partial charge >= 0.3 is 0 Å². The van der Waals surface area contributed by atoms with Crippen LogP contribution in [0.4, 0.5) is 0 Å². The Morgan fingerprint density at radius 1 is 0.434 bits per heavy atom. The minimum Gasteiger partial charge on any atom is -0.278 e. The van der Waals surface area contributed by atoms with Crippen molar-refractivity contribution in [3.05, 3.63) is 198 Å². The first-order valence-corrected chi connectivity index (χ1v) is 19.2. The zero-order valence-corrected chi connectivity index (χ0v) is 29.1. The van der Waals surface area contributed by atoms with Gasteiger partial charge in [-0.05, 0) is 63.7 Å². The molecule has 2 aliphatic rings. The van der Waals surface area contributed by atoms with Crippen LogP contribution in [-0.4, -0.2) is 23.0 Å². The highest BCUT2D eigenvalue weighted by atomic mass is 32.2. The fraction of sp³-hybridized carbons (Fsp3) is 0.0213. The van der Waals surface area contributed by atoms with Crippen LogP contribution in [0.1, 0.15) is 22.3 Å². The van der Waals surface area contributed by atoms with Gasteiger partial charge in [0.15, 0.2) is 0 Å². The third-order valence-corrected chi connectivity index (χ3v) is 12.9. The first kappa shape index (κ1) is 30.0. The third kappa shape index (κ3) is 4.04. The van der Waals surface area contributed by atoms with Crippen molar-refractivity contribution in [2.24, 2.45) is 0 Å². The second kappa shape index (κ2) is 10.9. The first-order valence-electron chi connectivity index (χ1n) is 17.7. The van der Waals surface area contributed by atoms with Crippen LogP contribution in [-0.2, 0) is 15.3 Å². The number of nitrogens with zero attached hydrogens (tertiary/aromatic N) is 3. The normalized spacial score (nSPS) is 14.5. The molecule has 1 aliphatic carbocycles. The summed E-state index contributed by atoms with van der Waals surface area (Å²) in [4.78, 5) is 11.0. The maximum Gasteiger partial charge on any atom is 0.235 e. The van der Waals surface area contributed by atoms with Crippen molar-refractivity contribution in [3.63, 3.8) is 0 Å². The van der Waals surface area contributed by atoms with E-state index in [1.807, 2.05) is 108 Å². The molecule has 0 amide bonds. The molecule has 0 unspecified atom stereocenters. The number of aromatic nitrogens is 3. The van der Waals surface area contributed by atoms with Crippen molar-refractivity contribution >= 4 is 31.6 Å². The lowest BCUT2D eigenvalue weighted by atomic mass is 9.67. The molecule has 1 aliphatic heterocycles. The molecule has 0 atom stereocenters. The van der Waals surface area contributed by atoms with Gasteiger partial charge in [0.2, 0.25) is 15.8 Å². The minimum absolute atomic E-state index is 0.293. The van der Waals surface area contributed by atoms with Gasteiger partial charge in [-0.3, -0.25) is 4.57 Å². The Kier molecular flexibility index (Phi) is 6.20. The van der Waals surface area contributed by atoms with Crippen molar-refractivity contribution in [3.8, 4) is 39.6 Å². The Morgan fingerprint density at radius 2 is 0.962 bits per heavy atom. The van der Waals surface area contributed by atoms with Crippen LogP contribution < -0.4 is 0 Å². The van der Waals surface area contributed by atoms with E-state index in [1.54, 1.807) is 6.07 Å². The fourth-order valence-electron chi connectivity index (χ4n) is 8.86. The fourth-order valence-corrected chi connectivity index (χ4v) is 10.6. The van der Waals surface area contributed by atoms with E-state index in [4.69, 9.17) is 9.97 Å². The van der Waals surface area contributed by atoms with E-state index in [2.05, 4.69) is 66.7 Å². The van der Waals surface area contributed by atoms with Crippen molar-refractivity contribution in [1.82, 2.24) is 14.5 Å². The van der Waals surface area contributed by atoms with Crippen LogP contribution in [0.25, 0.3) is 61.4 Å². The van der Waals surface area contributed by atoms with Crippen molar-refractivity contribution in [1.29, 1.82) is 0 Å². The molecule has 5 nitrogen and oxygen atoms in total. The first-order chi connectivity index (χ1) is 26.0. The van der Waals surface area contributed by atoms with Crippen LogP contribution in [0.15, 0.2) is 186 Å². The van der Waals surface area contributed by atoms with Crippen LogP contribution in [0.2, 0.25) is 0 Å². The Hall–Kier alpha value is -6.63. The molecule has 0 bridgehead atoms. The summed E-state index contributed by atoms with van der Waals surface area (Å²) in [5.41, 5.74) is 10.2. The quantitative estimate of drug-likeness (QED) is 0.184. The average molecular weight is 700 g/mol. The second-order valence-corrected chi connectivity index (χ2v) is 15.6. The molecule has 11 rings (SSSR count). The second-order valence-electron chi connectivity index (χ2n) is 13.7. The third-order valence-electron chi connectivity index (χ3n) is 11.1. The molecule has 7 aromatic carbocycles. The molecule has 0 N–H and O–H groups in total. The highest BCUT2D eigenvalue weighted by molar-refractivity contribution is 7.91.